The minimum Gasteiger partial charge on any atom is -0.445 e. The lowest BCUT2D eigenvalue weighted by Gasteiger charge is -2.31. The summed E-state index contributed by atoms with van der Waals surface area (Å²) < 4.78 is 29.0. The number of benzene rings is 1. The van der Waals surface area contributed by atoms with Crippen molar-refractivity contribution >= 4 is 19.6 Å². The van der Waals surface area contributed by atoms with E-state index in [1.165, 1.54) is 0 Å². The Hall–Kier alpha value is -1.97. The van der Waals surface area contributed by atoms with Gasteiger partial charge < -0.3 is 35.3 Å². The number of aliphatic hydroxyl groups is 1. The summed E-state index contributed by atoms with van der Waals surface area (Å²) in [5.41, 5.74) is 6.17. The van der Waals surface area contributed by atoms with E-state index in [1.54, 1.807) is 13.8 Å². The summed E-state index contributed by atoms with van der Waals surface area (Å²) in [6, 6.07) is 8.60. The molecule has 0 aliphatic carbocycles. The molecular weight excluding hydrogens is 437 g/mol. The summed E-state index contributed by atoms with van der Waals surface area (Å²) in [5.74, 6) is -1.99. The van der Waals surface area contributed by atoms with Crippen molar-refractivity contribution in [1.82, 2.24) is 10.6 Å². The number of nitrogens with one attached hydrogen (secondary N) is 2. The van der Waals surface area contributed by atoms with Crippen molar-refractivity contribution < 1.29 is 33.0 Å². The monoisotopic (exact) mass is 471 g/mol. The van der Waals surface area contributed by atoms with Crippen LogP contribution < -0.4 is 16.4 Å². The quantitative estimate of drug-likeness (QED) is 0.300. The number of hydrogen-bond acceptors (Lipinski definition) is 8. The van der Waals surface area contributed by atoms with Gasteiger partial charge in [0.2, 0.25) is 5.91 Å². The molecule has 1 aliphatic heterocycles. The first-order chi connectivity index (χ1) is 15.3. The fourth-order valence-electron chi connectivity index (χ4n) is 3.74. The second kappa shape index (κ2) is 12.9. The van der Waals surface area contributed by atoms with Gasteiger partial charge in [-0.25, -0.2) is 4.79 Å². The van der Waals surface area contributed by atoms with Crippen LogP contribution in [0.4, 0.5) is 4.79 Å². The molecule has 0 spiro atoms. The van der Waals surface area contributed by atoms with Crippen LogP contribution in [0.15, 0.2) is 30.3 Å². The van der Waals surface area contributed by atoms with E-state index in [-0.39, 0.29) is 38.0 Å². The molecule has 1 aliphatic rings. The van der Waals surface area contributed by atoms with Gasteiger partial charge in [0.1, 0.15) is 6.10 Å². The maximum Gasteiger partial charge on any atom is 0.404 e. The Morgan fingerprint density at radius 3 is 2.47 bits per heavy atom. The molecule has 0 saturated carbocycles. The van der Waals surface area contributed by atoms with Gasteiger partial charge in [0, 0.05) is 31.5 Å². The van der Waals surface area contributed by atoms with Crippen LogP contribution in [0.2, 0.25) is 0 Å². The average molecular weight is 471 g/mol. The zero-order valence-electron chi connectivity index (χ0n) is 18.6. The third-order valence-electron chi connectivity index (χ3n) is 5.20. The fourth-order valence-corrected chi connectivity index (χ4v) is 5.50. The first-order valence-electron chi connectivity index (χ1n) is 10.9. The standard InChI is InChI=1S/C21H34N3O7P/c1-3-29-32(28,30-4-2)20(26)18(13-16-10-11-23-19(16)25)24-14-17(31-21(22)27)12-15-8-6-5-7-9-15/h5-9,16-18,20,24,26H,3-4,10-14H2,1-2H3,(H2,22,27)(H,23,25). The molecule has 4 atom stereocenters. The normalized spacial score (nSPS) is 19.2. The van der Waals surface area contributed by atoms with Crippen molar-refractivity contribution in [2.45, 2.75) is 51.1 Å². The average Bonchev–Trinajstić information content (AvgIpc) is 3.15. The van der Waals surface area contributed by atoms with Gasteiger partial charge in [-0.05, 0) is 32.3 Å². The number of aliphatic hydroxyl groups excluding tert-OH is 1. The highest BCUT2D eigenvalue weighted by molar-refractivity contribution is 7.54. The van der Waals surface area contributed by atoms with Gasteiger partial charge in [-0.15, -0.1) is 0 Å². The molecule has 1 fully saturated rings. The number of carbonyl (C=O) groups excluding carboxylic acids is 2. The Labute approximate surface area is 188 Å². The van der Waals surface area contributed by atoms with Gasteiger partial charge in [0.05, 0.1) is 13.2 Å². The number of rotatable bonds is 14. The maximum absolute atomic E-state index is 13.2. The van der Waals surface area contributed by atoms with Crippen molar-refractivity contribution in [2.24, 2.45) is 11.7 Å². The van der Waals surface area contributed by atoms with Gasteiger partial charge in [-0.2, -0.15) is 0 Å². The van der Waals surface area contributed by atoms with E-state index in [0.29, 0.717) is 19.4 Å². The van der Waals surface area contributed by atoms with Crippen molar-refractivity contribution in [1.29, 1.82) is 0 Å². The molecule has 0 bridgehead atoms. The predicted molar refractivity (Wildman–Crippen MR) is 119 cm³/mol. The zero-order valence-corrected chi connectivity index (χ0v) is 19.5. The molecular formula is C21H34N3O7P. The van der Waals surface area contributed by atoms with Crippen LogP contribution >= 0.6 is 7.60 Å². The highest BCUT2D eigenvalue weighted by atomic mass is 31.2. The summed E-state index contributed by atoms with van der Waals surface area (Å²) in [5, 5.41) is 16.9. The topological polar surface area (TPSA) is 149 Å². The summed E-state index contributed by atoms with van der Waals surface area (Å²) in [4.78, 5) is 23.5. The number of nitrogens with two attached hydrogens (primary N) is 1. The van der Waals surface area contributed by atoms with E-state index in [4.69, 9.17) is 19.5 Å². The molecule has 5 N–H and O–H groups in total. The molecule has 2 rings (SSSR count). The summed E-state index contributed by atoms with van der Waals surface area (Å²) in [6.45, 7) is 4.15. The third-order valence-corrected chi connectivity index (χ3v) is 7.44. The SMILES string of the molecule is CCOP(=O)(OCC)C(O)C(CC1CCNC1=O)NCC(Cc1ccccc1)OC(N)=O. The first-order valence-corrected chi connectivity index (χ1v) is 12.5. The summed E-state index contributed by atoms with van der Waals surface area (Å²) in [6.07, 6.45) is -0.360. The number of amides is 2. The van der Waals surface area contributed by atoms with Crippen LogP contribution in [-0.2, 0) is 29.6 Å². The van der Waals surface area contributed by atoms with Crippen molar-refractivity contribution in [3.05, 3.63) is 35.9 Å². The largest absolute Gasteiger partial charge is 0.445 e. The molecule has 1 aromatic rings. The van der Waals surface area contributed by atoms with Gasteiger partial charge >= 0.3 is 13.7 Å². The van der Waals surface area contributed by atoms with Crippen LogP contribution in [0.1, 0.15) is 32.3 Å². The van der Waals surface area contributed by atoms with Crippen molar-refractivity contribution in [3.63, 3.8) is 0 Å². The highest BCUT2D eigenvalue weighted by Gasteiger charge is 2.42. The Bertz CT molecular complexity index is 770. The van der Waals surface area contributed by atoms with Crippen LogP contribution in [0.25, 0.3) is 0 Å². The van der Waals surface area contributed by atoms with Gasteiger partial charge in [0.15, 0.2) is 5.85 Å². The number of carbonyl (C=O) groups is 2. The van der Waals surface area contributed by atoms with E-state index in [1.807, 2.05) is 30.3 Å². The Morgan fingerprint density at radius 2 is 1.94 bits per heavy atom. The lowest BCUT2D eigenvalue weighted by molar-refractivity contribution is -0.122. The van der Waals surface area contributed by atoms with Crippen LogP contribution in [0, 0.1) is 5.92 Å². The van der Waals surface area contributed by atoms with Crippen molar-refractivity contribution in [2.75, 3.05) is 26.3 Å². The van der Waals surface area contributed by atoms with E-state index in [2.05, 4.69) is 10.6 Å². The number of primary amides is 1. The molecule has 2 amide bonds. The first kappa shape index (κ1) is 26.3. The Balaban J connectivity index is 2.18. The second-order valence-electron chi connectivity index (χ2n) is 7.56. The maximum atomic E-state index is 13.2. The van der Waals surface area contributed by atoms with E-state index >= 15 is 0 Å². The molecule has 1 aromatic carbocycles. The van der Waals surface area contributed by atoms with E-state index in [0.717, 1.165) is 5.56 Å². The Morgan fingerprint density at radius 1 is 1.28 bits per heavy atom. The summed E-state index contributed by atoms with van der Waals surface area (Å²) in [7, 11) is -3.87. The zero-order chi connectivity index (χ0) is 23.6. The lowest BCUT2D eigenvalue weighted by atomic mass is 9.98. The van der Waals surface area contributed by atoms with Gasteiger partial charge in [0.25, 0.3) is 0 Å². The fraction of sp³-hybridized carbons (Fsp3) is 0.619. The van der Waals surface area contributed by atoms with Crippen molar-refractivity contribution in [3.8, 4) is 0 Å². The number of hydrogen-bond donors (Lipinski definition) is 4. The van der Waals surface area contributed by atoms with E-state index in [9.17, 15) is 19.3 Å². The molecule has 1 saturated heterocycles. The molecule has 11 heteroatoms. The van der Waals surface area contributed by atoms with Crippen LogP contribution in [0.3, 0.4) is 0 Å². The predicted octanol–water partition coefficient (Wildman–Crippen LogP) is 1.76. The summed E-state index contributed by atoms with van der Waals surface area (Å²) >= 11 is 0. The Kier molecular flexibility index (Phi) is 10.6. The van der Waals surface area contributed by atoms with E-state index < -0.39 is 31.7 Å². The molecule has 0 radical (unpaired) electrons. The van der Waals surface area contributed by atoms with Gasteiger partial charge in [-0.3, -0.25) is 9.36 Å². The molecule has 1 heterocycles. The van der Waals surface area contributed by atoms with Crippen LogP contribution in [0.5, 0.6) is 0 Å². The third kappa shape index (κ3) is 7.86. The smallest absolute Gasteiger partial charge is 0.404 e. The second-order valence-corrected chi connectivity index (χ2v) is 9.69. The molecule has 180 valence electrons. The minimum absolute atomic E-state index is 0.0897. The number of ether oxygens (including phenoxy) is 1. The minimum atomic E-state index is -3.87. The molecule has 32 heavy (non-hydrogen) atoms. The molecule has 10 nitrogen and oxygen atoms in total. The lowest BCUT2D eigenvalue weighted by Crippen LogP contribution is -2.47. The highest BCUT2D eigenvalue weighted by Crippen LogP contribution is 2.53. The van der Waals surface area contributed by atoms with Crippen LogP contribution in [-0.4, -0.2) is 61.4 Å². The molecule has 4 unspecified atom stereocenters. The van der Waals surface area contributed by atoms with Gasteiger partial charge in [-0.1, -0.05) is 30.3 Å². The molecule has 0 aromatic heterocycles.